The Hall–Kier alpha value is -2.07. The maximum absolute atomic E-state index is 11.6. The van der Waals surface area contributed by atoms with Gasteiger partial charge in [-0.2, -0.15) is 4.73 Å². The van der Waals surface area contributed by atoms with Gasteiger partial charge in [0.2, 0.25) is 8.32 Å². The van der Waals surface area contributed by atoms with Crippen molar-refractivity contribution >= 4 is 14.1 Å². The van der Waals surface area contributed by atoms with Gasteiger partial charge in [-0.25, -0.2) is 0 Å². The fourth-order valence-electron chi connectivity index (χ4n) is 2.11. The quantitative estimate of drug-likeness (QED) is 0.344. The van der Waals surface area contributed by atoms with Gasteiger partial charge in [0.05, 0.1) is 0 Å². The molecule has 23 heavy (non-hydrogen) atoms. The zero-order valence-electron chi connectivity index (χ0n) is 14.6. The van der Waals surface area contributed by atoms with Crippen LogP contribution in [0.1, 0.15) is 26.3 Å². The monoisotopic (exact) mass is 327 g/mol. The van der Waals surface area contributed by atoms with E-state index < -0.39 is 8.32 Å². The number of aromatic nitrogens is 1. The summed E-state index contributed by atoms with van der Waals surface area (Å²) in [6.07, 6.45) is 3.05. The molecule has 0 unspecified atom stereocenters. The van der Waals surface area contributed by atoms with Crippen LogP contribution >= 0.6 is 0 Å². The van der Waals surface area contributed by atoms with E-state index in [4.69, 9.17) is 4.43 Å². The van der Waals surface area contributed by atoms with Gasteiger partial charge in [0, 0.05) is 17.2 Å². The summed E-state index contributed by atoms with van der Waals surface area (Å²) in [7, 11) is -1.95. The molecule has 4 heteroatoms. The Morgan fingerprint density at radius 1 is 1.13 bits per heavy atom. The van der Waals surface area contributed by atoms with Crippen molar-refractivity contribution in [2.75, 3.05) is 0 Å². The van der Waals surface area contributed by atoms with Gasteiger partial charge in [0.1, 0.15) is 5.76 Å². The lowest BCUT2D eigenvalue weighted by Gasteiger charge is -2.37. The van der Waals surface area contributed by atoms with Crippen LogP contribution in [0.5, 0.6) is 0 Å². The molecule has 0 aliphatic rings. The van der Waals surface area contributed by atoms with Gasteiger partial charge in [-0.15, -0.1) is 0 Å². The highest BCUT2D eigenvalue weighted by Crippen LogP contribution is 2.40. The molecule has 1 aromatic heterocycles. The highest BCUT2D eigenvalue weighted by molar-refractivity contribution is 6.74. The molecule has 1 heterocycles. The van der Waals surface area contributed by atoms with Gasteiger partial charge in [0.25, 0.3) is 0 Å². The molecule has 0 amide bonds. The first-order chi connectivity index (χ1) is 10.6. The number of hydrogen-bond donors (Lipinski definition) is 0. The van der Waals surface area contributed by atoms with Crippen LogP contribution in [-0.4, -0.2) is 8.32 Å². The van der Waals surface area contributed by atoms with E-state index in [1.165, 1.54) is 6.20 Å². The molecular formula is C19H25NO2Si. The van der Waals surface area contributed by atoms with Crippen molar-refractivity contribution in [1.82, 2.24) is 0 Å². The van der Waals surface area contributed by atoms with E-state index in [-0.39, 0.29) is 5.04 Å². The fraction of sp³-hybridized carbons (Fsp3) is 0.316. The summed E-state index contributed by atoms with van der Waals surface area (Å²) in [5, 5.41) is 11.7. The first kappa shape index (κ1) is 17.3. The Bertz CT molecular complexity index is 717. The summed E-state index contributed by atoms with van der Waals surface area (Å²) in [5.74, 6) is 0.675. The lowest BCUT2D eigenvalue weighted by molar-refractivity contribution is -0.604. The maximum atomic E-state index is 11.6. The van der Waals surface area contributed by atoms with Gasteiger partial charge >= 0.3 is 0 Å². The van der Waals surface area contributed by atoms with Crippen LogP contribution in [0.15, 0.2) is 55.4 Å². The second-order valence-corrected chi connectivity index (χ2v) is 12.0. The predicted molar refractivity (Wildman–Crippen MR) is 98.2 cm³/mol. The smallest absolute Gasteiger partial charge is 0.250 e. The first-order valence-corrected chi connectivity index (χ1v) is 10.7. The predicted octanol–water partition coefficient (Wildman–Crippen LogP) is 4.98. The summed E-state index contributed by atoms with van der Waals surface area (Å²) in [6, 6.07) is 11.6. The first-order valence-electron chi connectivity index (χ1n) is 7.78. The van der Waals surface area contributed by atoms with Gasteiger partial charge in [-0.05, 0) is 29.8 Å². The van der Waals surface area contributed by atoms with Crippen molar-refractivity contribution in [1.29, 1.82) is 0 Å². The Morgan fingerprint density at radius 2 is 1.78 bits per heavy atom. The van der Waals surface area contributed by atoms with Crippen molar-refractivity contribution < 1.29 is 9.16 Å². The van der Waals surface area contributed by atoms with Crippen molar-refractivity contribution in [3.63, 3.8) is 0 Å². The summed E-state index contributed by atoms with van der Waals surface area (Å²) in [4.78, 5) is 0. The van der Waals surface area contributed by atoms with Crippen LogP contribution < -0.4 is 4.73 Å². The number of nitrogens with zero attached hydrogens (tertiary/aromatic N) is 1. The molecule has 0 spiro atoms. The third kappa shape index (κ3) is 3.82. The van der Waals surface area contributed by atoms with Crippen LogP contribution in [0.2, 0.25) is 18.1 Å². The molecule has 0 bridgehead atoms. The molecule has 122 valence electrons. The molecule has 2 rings (SSSR count). The highest BCUT2D eigenvalue weighted by Gasteiger charge is 2.39. The van der Waals surface area contributed by atoms with Gasteiger partial charge in [0.15, 0.2) is 12.4 Å². The third-order valence-corrected chi connectivity index (χ3v) is 8.87. The number of pyridine rings is 1. The van der Waals surface area contributed by atoms with E-state index in [1.807, 2.05) is 30.3 Å². The van der Waals surface area contributed by atoms with Crippen LogP contribution in [0, 0.1) is 5.21 Å². The van der Waals surface area contributed by atoms with E-state index in [9.17, 15) is 5.21 Å². The zero-order chi connectivity index (χ0) is 17.3. The van der Waals surface area contributed by atoms with Crippen molar-refractivity contribution in [3.05, 3.63) is 66.1 Å². The average molecular weight is 328 g/mol. The van der Waals surface area contributed by atoms with E-state index in [1.54, 1.807) is 12.3 Å². The normalized spacial score (nSPS) is 12.0. The van der Waals surface area contributed by atoms with E-state index in [2.05, 4.69) is 40.4 Å². The molecule has 0 aliphatic heterocycles. The fourth-order valence-corrected chi connectivity index (χ4v) is 3.14. The largest absolute Gasteiger partial charge is 0.619 e. The van der Waals surface area contributed by atoms with Crippen LogP contribution in [0.3, 0.4) is 0 Å². The minimum Gasteiger partial charge on any atom is -0.619 e. The highest BCUT2D eigenvalue weighted by atomic mass is 28.4. The lowest BCUT2D eigenvalue weighted by atomic mass is 10.0. The second-order valence-electron chi connectivity index (χ2n) is 7.28. The lowest BCUT2D eigenvalue weighted by Crippen LogP contribution is -2.40. The maximum Gasteiger partial charge on any atom is 0.250 e. The topological polar surface area (TPSA) is 36.2 Å². The summed E-state index contributed by atoms with van der Waals surface area (Å²) >= 11 is 0. The number of benzene rings is 1. The molecule has 1 aromatic carbocycles. The van der Waals surface area contributed by atoms with E-state index in [0.29, 0.717) is 5.76 Å². The second kappa shape index (κ2) is 6.20. The van der Waals surface area contributed by atoms with Gasteiger partial charge in [-0.3, -0.25) is 0 Å². The Balaban J connectivity index is 2.40. The molecule has 0 N–H and O–H groups in total. The molecule has 0 radical (unpaired) electrons. The summed E-state index contributed by atoms with van der Waals surface area (Å²) in [5.41, 5.74) is 2.75. The molecular weight excluding hydrogens is 302 g/mol. The number of hydrogen-bond acceptors (Lipinski definition) is 2. The molecule has 0 saturated carbocycles. The van der Waals surface area contributed by atoms with Crippen molar-refractivity contribution in [2.45, 2.75) is 38.9 Å². The number of rotatable bonds is 4. The van der Waals surface area contributed by atoms with Crippen LogP contribution in [0.25, 0.3) is 16.9 Å². The van der Waals surface area contributed by atoms with E-state index >= 15 is 0 Å². The molecule has 3 nitrogen and oxygen atoms in total. The zero-order valence-corrected chi connectivity index (χ0v) is 15.6. The molecule has 0 atom stereocenters. The van der Waals surface area contributed by atoms with Gasteiger partial charge in [-0.1, -0.05) is 51.6 Å². The van der Waals surface area contributed by atoms with Crippen molar-refractivity contribution in [2.24, 2.45) is 0 Å². The van der Waals surface area contributed by atoms with Crippen LogP contribution in [-0.2, 0) is 4.43 Å². The van der Waals surface area contributed by atoms with Crippen LogP contribution in [0.4, 0.5) is 0 Å². The summed E-state index contributed by atoms with van der Waals surface area (Å²) < 4.78 is 7.15. The Morgan fingerprint density at radius 3 is 2.39 bits per heavy atom. The summed E-state index contributed by atoms with van der Waals surface area (Å²) in [6.45, 7) is 15.2. The minimum absolute atomic E-state index is 0.107. The standard InChI is InChI=1S/C19H25NO2Si/c1-15(22-23(5,6)19(2,3)4)17-11-7-8-12-18(17)16-10-9-13-20(21)14-16/h7-14H,1H2,2-6H3. The minimum atomic E-state index is -1.95. The Kier molecular flexibility index (Phi) is 4.66. The molecule has 0 aliphatic carbocycles. The van der Waals surface area contributed by atoms with E-state index in [0.717, 1.165) is 21.4 Å². The molecule has 0 fully saturated rings. The molecule has 2 aromatic rings. The Labute approximate surface area is 140 Å². The molecule has 0 saturated heterocycles. The average Bonchev–Trinajstić information content (AvgIpc) is 2.45. The third-order valence-electron chi connectivity index (χ3n) is 4.50. The SMILES string of the molecule is C=C(O[Si](C)(C)C(C)(C)C)c1ccccc1-c1ccc[n+]([O-])c1. The van der Waals surface area contributed by atoms with Crippen molar-refractivity contribution in [3.8, 4) is 11.1 Å². The van der Waals surface area contributed by atoms with Gasteiger partial charge < -0.3 is 9.63 Å².